The number of nitrogen functional groups attached to an aromatic ring is 1. The number of hydrogen-bond acceptors (Lipinski definition) is 6. The Morgan fingerprint density at radius 1 is 1.31 bits per heavy atom. The van der Waals surface area contributed by atoms with Crippen molar-refractivity contribution < 1.29 is 4.74 Å². The molecule has 0 unspecified atom stereocenters. The van der Waals surface area contributed by atoms with Gasteiger partial charge in [0.1, 0.15) is 23.5 Å². The minimum Gasteiger partial charge on any atom is -0.493 e. The number of nitriles is 2. The molecule has 26 heavy (non-hydrogen) atoms. The van der Waals surface area contributed by atoms with Gasteiger partial charge in [-0.25, -0.2) is 0 Å². The van der Waals surface area contributed by atoms with Crippen LogP contribution in [0.15, 0.2) is 18.2 Å². The van der Waals surface area contributed by atoms with Crippen LogP contribution in [0.25, 0.3) is 11.6 Å². The molecule has 7 nitrogen and oxygen atoms in total. The van der Waals surface area contributed by atoms with Gasteiger partial charge in [0, 0.05) is 30.4 Å². The number of aromatic nitrogens is 2. The van der Waals surface area contributed by atoms with E-state index in [-0.39, 0.29) is 17.0 Å². The summed E-state index contributed by atoms with van der Waals surface area (Å²) in [5.74, 6) is 0.751. The number of nitrogens with zero attached hydrogens (tertiary/aromatic N) is 4. The van der Waals surface area contributed by atoms with Crippen LogP contribution in [0.3, 0.4) is 0 Å². The van der Waals surface area contributed by atoms with E-state index in [2.05, 4.69) is 35.0 Å². The lowest BCUT2D eigenvalue weighted by Crippen LogP contribution is -2.21. The minimum atomic E-state index is 0.0746. The first kappa shape index (κ1) is 18.9. The van der Waals surface area contributed by atoms with Gasteiger partial charge >= 0.3 is 0 Å². The van der Waals surface area contributed by atoms with E-state index in [9.17, 15) is 10.5 Å². The molecule has 1 aromatic carbocycles. The van der Waals surface area contributed by atoms with E-state index >= 15 is 0 Å². The third kappa shape index (κ3) is 3.79. The summed E-state index contributed by atoms with van der Waals surface area (Å²) >= 11 is 0. The van der Waals surface area contributed by atoms with E-state index in [0.29, 0.717) is 18.1 Å². The van der Waals surface area contributed by atoms with Gasteiger partial charge in [-0.2, -0.15) is 15.6 Å². The Hall–Kier alpha value is -3.45. The predicted octanol–water partition coefficient (Wildman–Crippen LogP) is 3.17. The molecule has 0 aliphatic heterocycles. The first-order chi connectivity index (χ1) is 12.6. The molecule has 0 aliphatic carbocycles. The molecule has 0 atom stereocenters. The van der Waals surface area contributed by atoms with Crippen LogP contribution in [0.4, 0.5) is 11.5 Å². The Morgan fingerprint density at radius 2 is 2.04 bits per heavy atom. The zero-order chi connectivity index (χ0) is 19.1. The summed E-state index contributed by atoms with van der Waals surface area (Å²) in [5, 5.41) is 25.3. The standard InChI is InChI=1S/C19H22N6O/c1-4-25(5-2)15-8-7-13(17(10-15)26-6-3)9-14(11-20)18-16(12-21)19(22)24-23-18/h7-10H,4-6H2,1-3H3,(H3,22,23,24). The average Bonchev–Trinajstić information content (AvgIpc) is 3.02. The Bertz CT molecular complexity index is 880. The number of benzene rings is 1. The number of allylic oxidation sites excluding steroid dienone is 1. The quantitative estimate of drug-likeness (QED) is 0.741. The highest BCUT2D eigenvalue weighted by atomic mass is 16.5. The Balaban J connectivity index is 2.53. The summed E-state index contributed by atoms with van der Waals surface area (Å²) in [6.07, 6.45) is 1.67. The van der Waals surface area contributed by atoms with E-state index in [1.54, 1.807) is 6.08 Å². The zero-order valence-corrected chi connectivity index (χ0v) is 15.2. The van der Waals surface area contributed by atoms with Gasteiger partial charge in [0.2, 0.25) is 0 Å². The first-order valence-corrected chi connectivity index (χ1v) is 8.47. The molecule has 0 fully saturated rings. The number of H-pyrrole nitrogens is 1. The van der Waals surface area contributed by atoms with Crippen molar-refractivity contribution in [2.24, 2.45) is 0 Å². The second-order valence-corrected chi connectivity index (χ2v) is 5.47. The van der Waals surface area contributed by atoms with Crippen LogP contribution in [0.1, 0.15) is 37.6 Å². The number of ether oxygens (including phenoxy) is 1. The number of anilines is 2. The van der Waals surface area contributed by atoms with Gasteiger partial charge in [-0.15, -0.1) is 0 Å². The highest BCUT2D eigenvalue weighted by Crippen LogP contribution is 2.30. The number of nitrogens with one attached hydrogen (secondary N) is 1. The molecule has 0 saturated carbocycles. The van der Waals surface area contributed by atoms with E-state index in [0.717, 1.165) is 24.3 Å². The van der Waals surface area contributed by atoms with Crippen LogP contribution >= 0.6 is 0 Å². The fourth-order valence-corrected chi connectivity index (χ4v) is 2.69. The largest absolute Gasteiger partial charge is 0.493 e. The van der Waals surface area contributed by atoms with Crippen LogP contribution in [0.5, 0.6) is 5.75 Å². The zero-order valence-electron chi connectivity index (χ0n) is 15.2. The molecular weight excluding hydrogens is 328 g/mol. The lowest BCUT2D eigenvalue weighted by atomic mass is 10.0. The van der Waals surface area contributed by atoms with Gasteiger partial charge in [0.05, 0.1) is 17.9 Å². The molecule has 0 aliphatic rings. The SMILES string of the molecule is CCOc1cc(N(CC)CC)ccc1C=C(C#N)c1[nH]nc(N)c1C#N. The van der Waals surface area contributed by atoms with Gasteiger partial charge in [-0.1, -0.05) is 0 Å². The molecular formula is C19H22N6O. The van der Waals surface area contributed by atoms with Gasteiger partial charge in [-0.3, -0.25) is 5.10 Å². The lowest BCUT2D eigenvalue weighted by Gasteiger charge is -2.22. The summed E-state index contributed by atoms with van der Waals surface area (Å²) in [4.78, 5) is 2.21. The maximum atomic E-state index is 9.54. The molecule has 0 bridgehead atoms. The maximum absolute atomic E-state index is 9.54. The first-order valence-electron chi connectivity index (χ1n) is 8.47. The van der Waals surface area contributed by atoms with Crippen molar-refractivity contribution in [3.63, 3.8) is 0 Å². The van der Waals surface area contributed by atoms with Crippen LogP contribution in [0.2, 0.25) is 0 Å². The third-order valence-electron chi connectivity index (χ3n) is 4.02. The second-order valence-electron chi connectivity index (χ2n) is 5.47. The van der Waals surface area contributed by atoms with Crippen LogP contribution in [-0.4, -0.2) is 29.9 Å². The summed E-state index contributed by atoms with van der Waals surface area (Å²) < 4.78 is 5.76. The van der Waals surface area contributed by atoms with Gasteiger partial charge in [0.15, 0.2) is 5.82 Å². The molecule has 0 radical (unpaired) electrons. The lowest BCUT2D eigenvalue weighted by molar-refractivity contribution is 0.339. The van der Waals surface area contributed by atoms with Crippen LogP contribution in [-0.2, 0) is 0 Å². The summed E-state index contributed by atoms with van der Waals surface area (Å²) in [6.45, 7) is 8.38. The van der Waals surface area contributed by atoms with E-state index < -0.39 is 0 Å². The summed E-state index contributed by atoms with van der Waals surface area (Å²) in [7, 11) is 0. The Morgan fingerprint density at radius 3 is 2.62 bits per heavy atom. The van der Waals surface area contributed by atoms with Crippen molar-refractivity contribution in [2.75, 3.05) is 30.3 Å². The van der Waals surface area contributed by atoms with Crippen LogP contribution < -0.4 is 15.4 Å². The number of rotatable bonds is 7. The minimum absolute atomic E-state index is 0.0746. The third-order valence-corrected chi connectivity index (χ3v) is 4.02. The predicted molar refractivity (Wildman–Crippen MR) is 102 cm³/mol. The van der Waals surface area contributed by atoms with E-state index in [4.69, 9.17) is 10.5 Å². The highest BCUT2D eigenvalue weighted by molar-refractivity contribution is 5.92. The normalized spacial score (nSPS) is 10.9. The molecule has 0 amide bonds. The summed E-state index contributed by atoms with van der Waals surface area (Å²) in [5.41, 5.74) is 8.20. The molecule has 1 aromatic heterocycles. The molecule has 0 spiro atoms. The Labute approximate surface area is 153 Å². The average molecular weight is 350 g/mol. The molecule has 2 aromatic rings. The van der Waals surface area contributed by atoms with E-state index in [1.165, 1.54) is 0 Å². The number of nitrogens with two attached hydrogens (primary N) is 1. The van der Waals surface area contributed by atoms with Crippen molar-refractivity contribution in [3.05, 3.63) is 35.0 Å². The van der Waals surface area contributed by atoms with Crippen molar-refractivity contribution >= 4 is 23.2 Å². The van der Waals surface area contributed by atoms with Gasteiger partial charge in [0.25, 0.3) is 0 Å². The summed E-state index contributed by atoms with van der Waals surface area (Å²) in [6, 6.07) is 9.93. The molecule has 1 heterocycles. The molecule has 0 saturated heterocycles. The number of hydrogen-bond donors (Lipinski definition) is 2. The maximum Gasteiger partial charge on any atom is 0.163 e. The Kier molecular flexibility index (Phi) is 6.24. The highest BCUT2D eigenvalue weighted by Gasteiger charge is 2.16. The van der Waals surface area contributed by atoms with Crippen molar-refractivity contribution in [1.82, 2.24) is 10.2 Å². The molecule has 7 heteroatoms. The smallest absolute Gasteiger partial charge is 0.163 e. The molecule has 2 rings (SSSR count). The van der Waals surface area contributed by atoms with Gasteiger partial charge < -0.3 is 15.4 Å². The van der Waals surface area contributed by atoms with Crippen LogP contribution in [0, 0.1) is 22.7 Å². The van der Waals surface area contributed by atoms with Crippen molar-refractivity contribution in [3.8, 4) is 17.9 Å². The van der Waals surface area contributed by atoms with Gasteiger partial charge in [-0.05, 0) is 39.0 Å². The van der Waals surface area contributed by atoms with E-state index in [1.807, 2.05) is 31.2 Å². The monoisotopic (exact) mass is 350 g/mol. The fraction of sp³-hybridized carbons (Fsp3) is 0.316. The number of aromatic amines is 1. The van der Waals surface area contributed by atoms with Crippen molar-refractivity contribution in [1.29, 1.82) is 10.5 Å². The molecule has 3 N–H and O–H groups in total. The topological polar surface area (TPSA) is 115 Å². The molecule has 134 valence electrons. The van der Waals surface area contributed by atoms with Crippen molar-refractivity contribution in [2.45, 2.75) is 20.8 Å². The fourth-order valence-electron chi connectivity index (χ4n) is 2.69. The second kappa shape index (κ2) is 8.59.